The van der Waals surface area contributed by atoms with Crippen LogP contribution < -0.4 is 10.6 Å². The van der Waals surface area contributed by atoms with Crippen molar-refractivity contribution in [3.8, 4) is 0 Å². The Morgan fingerprint density at radius 2 is 1.71 bits per heavy atom. The van der Waals surface area contributed by atoms with Gasteiger partial charge in [-0.25, -0.2) is 13.2 Å². The molecule has 0 aliphatic heterocycles. The van der Waals surface area contributed by atoms with E-state index in [9.17, 15) is 18.0 Å². The summed E-state index contributed by atoms with van der Waals surface area (Å²) < 4.78 is 31.9. The van der Waals surface area contributed by atoms with Crippen molar-refractivity contribution < 1.29 is 22.7 Å². The lowest BCUT2D eigenvalue weighted by molar-refractivity contribution is -0.114. The lowest BCUT2D eigenvalue weighted by Gasteiger charge is -2.20. The van der Waals surface area contributed by atoms with Gasteiger partial charge < -0.3 is 15.4 Å². The summed E-state index contributed by atoms with van der Waals surface area (Å²) in [7, 11) is -2.36. The van der Waals surface area contributed by atoms with Crippen molar-refractivity contribution in [3.63, 3.8) is 0 Å². The highest BCUT2D eigenvalue weighted by atomic mass is 32.2. The van der Waals surface area contributed by atoms with Crippen LogP contribution in [0.25, 0.3) is 0 Å². The monoisotopic (exact) mass is 447 g/mol. The average molecular weight is 448 g/mol. The van der Waals surface area contributed by atoms with Crippen LogP contribution in [-0.2, 0) is 19.6 Å². The molecule has 168 valence electrons. The zero-order chi connectivity index (χ0) is 23.2. The number of benzene rings is 2. The Balaban J connectivity index is 2.18. The van der Waals surface area contributed by atoms with E-state index in [4.69, 9.17) is 4.74 Å². The number of nitrogens with one attached hydrogen (secondary N) is 2. The fourth-order valence-electron chi connectivity index (χ4n) is 3.23. The predicted molar refractivity (Wildman–Crippen MR) is 121 cm³/mol. The number of sulfonamides is 1. The van der Waals surface area contributed by atoms with Crippen LogP contribution in [0.1, 0.15) is 35.3 Å². The molecule has 0 heterocycles. The van der Waals surface area contributed by atoms with Crippen LogP contribution in [0.2, 0.25) is 0 Å². The summed E-state index contributed by atoms with van der Waals surface area (Å²) in [5.41, 5.74) is 2.55. The molecular formula is C22H29N3O5S. The van der Waals surface area contributed by atoms with Crippen LogP contribution in [0.4, 0.5) is 11.4 Å². The van der Waals surface area contributed by atoms with Crippen LogP contribution in [-0.4, -0.2) is 51.3 Å². The molecule has 2 rings (SSSR count). The quantitative estimate of drug-likeness (QED) is 0.572. The predicted octanol–water partition coefficient (Wildman–Crippen LogP) is 3.17. The van der Waals surface area contributed by atoms with E-state index in [2.05, 4.69) is 10.6 Å². The molecule has 0 aliphatic carbocycles. The Morgan fingerprint density at radius 3 is 2.32 bits per heavy atom. The molecule has 2 N–H and O–H groups in total. The molecule has 8 nitrogen and oxygen atoms in total. The number of rotatable bonds is 9. The highest BCUT2D eigenvalue weighted by molar-refractivity contribution is 7.89. The third-order valence-corrected chi connectivity index (χ3v) is 7.09. The molecule has 0 spiro atoms. The number of ether oxygens (including phenoxy) is 1. The highest BCUT2D eigenvalue weighted by Crippen LogP contribution is 2.24. The topological polar surface area (TPSA) is 105 Å². The van der Waals surface area contributed by atoms with E-state index < -0.39 is 16.0 Å². The average Bonchev–Trinajstić information content (AvgIpc) is 2.73. The van der Waals surface area contributed by atoms with Crippen molar-refractivity contribution in [2.24, 2.45) is 0 Å². The van der Waals surface area contributed by atoms with E-state index >= 15 is 0 Å². The largest absolute Gasteiger partial charge is 0.465 e. The number of carbonyl (C=O) groups excluding carboxylic acids is 2. The molecule has 1 amide bonds. The van der Waals surface area contributed by atoms with Gasteiger partial charge in [0.05, 0.1) is 24.1 Å². The number of hydrogen-bond donors (Lipinski definition) is 2. The van der Waals surface area contributed by atoms with Crippen LogP contribution in [0.5, 0.6) is 0 Å². The summed E-state index contributed by atoms with van der Waals surface area (Å²) in [6.45, 7) is 7.66. The first-order valence-corrected chi connectivity index (χ1v) is 11.4. The molecule has 0 aromatic heterocycles. The van der Waals surface area contributed by atoms with E-state index in [0.29, 0.717) is 35.6 Å². The van der Waals surface area contributed by atoms with Crippen molar-refractivity contribution in [1.29, 1.82) is 0 Å². The van der Waals surface area contributed by atoms with Gasteiger partial charge in [-0.2, -0.15) is 4.31 Å². The van der Waals surface area contributed by atoms with Gasteiger partial charge >= 0.3 is 5.97 Å². The van der Waals surface area contributed by atoms with Gasteiger partial charge in [0.2, 0.25) is 15.9 Å². The Kier molecular flexibility index (Phi) is 8.18. The normalized spacial score (nSPS) is 11.3. The molecule has 0 saturated heterocycles. The van der Waals surface area contributed by atoms with Gasteiger partial charge in [-0.15, -0.1) is 0 Å². The maximum atomic E-state index is 12.9. The van der Waals surface area contributed by atoms with Gasteiger partial charge in [0.1, 0.15) is 0 Å². The maximum Gasteiger partial charge on any atom is 0.340 e. The second-order valence-electron chi connectivity index (χ2n) is 6.96. The lowest BCUT2D eigenvalue weighted by Crippen LogP contribution is -2.31. The minimum Gasteiger partial charge on any atom is -0.465 e. The minimum absolute atomic E-state index is 0.112. The number of anilines is 2. The molecule has 0 fully saturated rings. The number of nitrogens with zero attached hydrogens (tertiary/aromatic N) is 1. The van der Waals surface area contributed by atoms with Crippen LogP contribution in [0.3, 0.4) is 0 Å². The smallest absolute Gasteiger partial charge is 0.340 e. The molecule has 0 atom stereocenters. The Bertz CT molecular complexity index is 1060. The van der Waals surface area contributed by atoms with E-state index in [1.54, 1.807) is 58.0 Å². The number of amides is 1. The lowest BCUT2D eigenvalue weighted by atomic mass is 10.1. The van der Waals surface area contributed by atoms with E-state index in [0.717, 1.165) is 5.56 Å². The molecule has 2 aromatic rings. The SMILES string of the molecule is CCN(CC)S(=O)(=O)c1cc(NC(=O)CNc2cccc(C)c2C(=O)OC)ccc1C. The van der Waals surface area contributed by atoms with Crippen molar-refractivity contribution in [2.45, 2.75) is 32.6 Å². The molecule has 0 aliphatic rings. The summed E-state index contributed by atoms with van der Waals surface area (Å²) in [4.78, 5) is 24.7. The molecule has 2 aromatic carbocycles. The van der Waals surface area contributed by atoms with Crippen molar-refractivity contribution in [2.75, 3.05) is 37.4 Å². The first-order valence-electron chi connectivity index (χ1n) is 9.98. The van der Waals surface area contributed by atoms with Crippen molar-refractivity contribution in [1.82, 2.24) is 4.31 Å². The first kappa shape index (κ1) is 24.4. The van der Waals surface area contributed by atoms with Gasteiger partial charge in [-0.3, -0.25) is 4.79 Å². The Labute approximate surface area is 183 Å². The fraction of sp³-hybridized carbons (Fsp3) is 0.364. The third-order valence-electron chi connectivity index (χ3n) is 4.90. The Morgan fingerprint density at radius 1 is 1.03 bits per heavy atom. The molecule has 0 radical (unpaired) electrons. The van der Waals surface area contributed by atoms with Crippen LogP contribution in [0, 0.1) is 13.8 Å². The molecule has 31 heavy (non-hydrogen) atoms. The van der Waals surface area contributed by atoms with Crippen LogP contribution in [0.15, 0.2) is 41.3 Å². The first-order chi connectivity index (χ1) is 14.6. The summed E-state index contributed by atoms with van der Waals surface area (Å²) >= 11 is 0. The van der Waals surface area contributed by atoms with E-state index in [1.165, 1.54) is 17.5 Å². The van der Waals surface area contributed by atoms with Crippen molar-refractivity contribution in [3.05, 3.63) is 53.1 Å². The third kappa shape index (κ3) is 5.62. The zero-order valence-electron chi connectivity index (χ0n) is 18.5. The molecule has 0 unspecified atom stereocenters. The van der Waals surface area contributed by atoms with Gasteiger partial charge in [0, 0.05) is 24.5 Å². The number of carbonyl (C=O) groups is 2. The fourth-order valence-corrected chi connectivity index (χ4v) is 4.94. The molecular weight excluding hydrogens is 418 g/mol. The van der Waals surface area contributed by atoms with E-state index in [1.807, 2.05) is 0 Å². The zero-order valence-corrected chi connectivity index (χ0v) is 19.3. The van der Waals surface area contributed by atoms with Gasteiger partial charge in [0.15, 0.2) is 0 Å². The van der Waals surface area contributed by atoms with E-state index in [-0.39, 0.29) is 17.3 Å². The van der Waals surface area contributed by atoms with Gasteiger partial charge in [0.25, 0.3) is 0 Å². The summed E-state index contributed by atoms with van der Waals surface area (Å²) in [6.07, 6.45) is 0. The van der Waals surface area contributed by atoms with Crippen LogP contribution >= 0.6 is 0 Å². The van der Waals surface area contributed by atoms with Gasteiger partial charge in [-0.1, -0.05) is 32.0 Å². The maximum absolute atomic E-state index is 12.9. The number of methoxy groups -OCH3 is 1. The summed E-state index contributed by atoms with van der Waals surface area (Å²) in [6, 6.07) is 10.0. The molecule has 0 bridgehead atoms. The molecule has 0 saturated carbocycles. The van der Waals surface area contributed by atoms with Gasteiger partial charge in [-0.05, 0) is 43.2 Å². The standard InChI is InChI=1S/C22H29N3O5S/c1-6-25(7-2)31(28,29)19-13-17(12-11-15(19)3)24-20(26)14-23-18-10-8-9-16(4)21(18)22(27)30-5/h8-13,23H,6-7,14H2,1-5H3,(H,24,26). The number of esters is 1. The molecule has 9 heteroatoms. The minimum atomic E-state index is -3.65. The number of hydrogen-bond acceptors (Lipinski definition) is 6. The van der Waals surface area contributed by atoms with Crippen molar-refractivity contribution >= 4 is 33.3 Å². The second kappa shape index (κ2) is 10.4. The number of aryl methyl sites for hydroxylation is 2. The summed E-state index contributed by atoms with van der Waals surface area (Å²) in [5.74, 6) is -0.877. The highest BCUT2D eigenvalue weighted by Gasteiger charge is 2.24. The second-order valence-corrected chi connectivity index (χ2v) is 8.87. The summed E-state index contributed by atoms with van der Waals surface area (Å²) in [5, 5.41) is 5.65. The Hall–Kier alpha value is -2.91.